The van der Waals surface area contributed by atoms with Gasteiger partial charge in [-0.15, -0.1) is 4.85 Å². The van der Waals surface area contributed by atoms with Gasteiger partial charge in [0.25, 0.3) is 5.52 Å². The molecule has 0 saturated carbocycles. The van der Waals surface area contributed by atoms with Gasteiger partial charge < -0.3 is 20.2 Å². The van der Waals surface area contributed by atoms with Crippen LogP contribution in [-0.4, -0.2) is 53.6 Å². The fourth-order valence-electron chi connectivity index (χ4n) is 1.97. The van der Waals surface area contributed by atoms with Crippen molar-refractivity contribution >= 4 is 22.8 Å². The van der Waals surface area contributed by atoms with Gasteiger partial charge in [0.1, 0.15) is 11.4 Å². The molecule has 0 aromatic carbocycles. The van der Waals surface area contributed by atoms with Crippen LogP contribution in [0.3, 0.4) is 0 Å². The Balaban J connectivity index is 2.14. The fraction of sp³-hybridized carbons (Fsp3) is 0.500. The summed E-state index contributed by atoms with van der Waals surface area (Å²) in [7, 11) is 1.73. The van der Waals surface area contributed by atoms with Crippen LogP contribution in [0.4, 0.5) is 11.8 Å². The molecule has 0 radical (unpaired) electrons. The molecule has 2 aromatic rings. The van der Waals surface area contributed by atoms with E-state index in [4.69, 9.17) is 4.74 Å². The molecule has 9 nitrogen and oxygen atoms in total. The molecule has 19 heavy (non-hydrogen) atoms. The third kappa shape index (κ3) is 2.19. The molecule has 0 atom stereocenters. The van der Waals surface area contributed by atoms with Gasteiger partial charge in [-0.3, -0.25) is 0 Å². The molecule has 1 aliphatic heterocycles. The fourth-order valence-corrected chi connectivity index (χ4v) is 1.97. The number of fused-ring (bicyclic) bond motifs is 1. The standard InChI is InChI=1S/C10H13N7O2/c1-11-10-12-7-6-17(18)15-14-8(7)9(13-10)16-2-4-19-5-3-16/h6H,2-5H2,1H3,(H,11,12,13). The lowest BCUT2D eigenvalue weighted by molar-refractivity contribution is -0.673. The maximum absolute atomic E-state index is 11.2. The third-order valence-corrected chi connectivity index (χ3v) is 2.89. The molecule has 0 spiro atoms. The SMILES string of the molecule is CNc1nc(N2CCOCC2)c2nn[n+]([O-])cc2n1. The van der Waals surface area contributed by atoms with Crippen LogP contribution in [0.2, 0.25) is 0 Å². The van der Waals surface area contributed by atoms with E-state index in [1.165, 1.54) is 6.20 Å². The van der Waals surface area contributed by atoms with E-state index in [0.29, 0.717) is 40.9 Å². The predicted octanol–water partition coefficient (Wildman–Crippen LogP) is -1.07. The maximum Gasteiger partial charge on any atom is 0.275 e. The zero-order valence-corrected chi connectivity index (χ0v) is 10.4. The van der Waals surface area contributed by atoms with Gasteiger partial charge in [0.2, 0.25) is 5.95 Å². The normalized spacial score (nSPS) is 15.7. The van der Waals surface area contributed by atoms with Crippen molar-refractivity contribution in [1.82, 2.24) is 20.3 Å². The highest BCUT2D eigenvalue weighted by Crippen LogP contribution is 2.22. The number of anilines is 2. The Morgan fingerprint density at radius 2 is 2.16 bits per heavy atom. The molecule has 0 unspecified atom stereocenters. The van der Waals surface area contributed by atoms with Gasteiger partial charge in [-0.25, -0.2) is 4.98 Å². The van der Waals surface area contributed by atoms with Crippen molar-refractivity contribution in [2.75, 3.05) is 43.6 Å². The molecule has 2 aromatic heterocycles. The van der Waals surface area contributed by atoms with Gasteiger partial charge in [-0.1, -0.05) is 0 Å². The van der Waals surface area contributed by atoms with Crippen molar-refractivity contribution in [3.05, 3.63) is 11.4 Å². The number of ether oxygens (including phenoxy) is 1. The van der Waals surface area contributed by atoms with E-state index in [2.05, 4.69) is 30.5 Å². The average Bonchev–Trinajstić information content (AvgIpc) is 2.46. The van der Waals surface area contributed by atoms with Crippen LogP contribution in [0.15, 0.2) is 6.20 Å². The lowest BCUT2D eigenvalue weighted by atomic mass is 10.3. The molecule has 3 heterocycles. The number of nitrogens with one attached hydrogen (secondary N) is 1. The Hall–Kier alpha value is -2.29. The first-order valence-electron chi connectivity index (χ1n) is 5.93. The Kier molecular flexibility index (Phi) is 2.95. The van der Waals surface area contributed by atoms with Crippen LogP contribution in [0, 0.1) is 5.21 Å². The Bertz CT molecular complexity index is 600. The van der Waals surface area contributed by atoms with E-state index >= 15 is 0 Å². The molecule has 100 valence electrons. The highest BCUT2D eigenvalue weighted by molar-refractivity contribution is 5.85. The summed E-state index contributed by atoms with van der Waals surface area (Å²) < 4.78 is 5.32. The predicted molar refractivity (Wildman–Crippen MR) is 66.7 cm³/mol. The lowest BCUT2D eigenvalue weighted by Crippen LogP contribution is -2.38. The highest BCUT2D eigenvalue weighted by atomic mass is 16.5. The van der Waals surface area contributed by atoms with Crippen molar-refractivity contribution in [1.29, 1.82) is 0 Å². The Morgan fingerprint density at radius 3 is 2.89 bits per heavy atom. The summed E-state index contributed by atoms with van der Waals surface area (Å²) in [6.07, 6.45) is 1.29. The molecule has 1 N–H and O–H groups in total. The van der Waals surface area contributed by atoms with E-state index in [1.807, 2.05) is 0 Å². The second kappa shape index (κ2) is 4.76. The second-order valence-electron chi connectivity index (χ2n) is 4.08. The van der Waals surface area contributed by atoms with Crippen LogP contribution >= 0.6 is 0 Å². The van der Waals surface area contributed by atoms with E-state index in [0.717, 1.165) is 13.1 Å². The molecule has 0 bridgehead atoms. The van der Waals surface area contributed by atoms with Gasteiger partial charge in [0.05, 0.1) is 18.3 Å². The quantitative estimate of drug-likeness (QED) is 0.539. The molecule has 1 saturated heterocycles. The van der Waals surface area contributed by atoms with Gasteiger partial charge in [0.15, 0.2) is 11.3 Å². The van der Waals surface area contributed by atoms with Gasteiger partial charge in [0, 0.05) is 20.1 Å². The van der Waals surface area contributed by atoms with Gasteiger partial charge in [-0.05, 0) is 0 Å². The summed E-state index contributed by atoms with van der Waals surface area (Å²) in [4.78, 5) is 11.1. The number of rotatable bonds is 2. The smallest absolute Gasteiger partial charge is 0.275 e. The zero-order chi connectivity index (χ0) is 13.2. The van der Waals surface area contributed by atoms with Gasteiger partial charge >= 0.3 is 0 Å². The van der Waals surface area contributed by atoms with Crippen molar-refractivity contribution in [2.24, 2.45) is 0 Å². The van der Waals surface area contributed by atoms with Crippen LogP contribution in [0.5, 0.6) is 0 Å². The van der Waals surface area contributed by atoms with E-state index in [9.17, 15) is 5.21 Å². The van der Waals surface area contributed by atoms with Crippen LogP contribution in [0.1, 0.15) is 0 Å². The summed E-state index contributed by atoms with van der Waals surface area (Å²) in [5, 5.41) is 21.4. The maximum atomic E-state index is 11.2. The number of nitrogens with zero attached hydrogens (tertiary/aromatic N) is 6. The summed E-state index contributed by atoms with van der Waals surface area (Å²) in [6.45, 7) is 2.73. The molecule has 1 aliphatic rings. The second-order valence-corrected chi connectivity index (χ2v) is 4.08. The number of hydrogen-bond acceptors (Lipinski definition) is 8. The summed E-state index contributed by atoms with van der Waals surface area (Å²) in [5.74, 6) is 1.12. The Morgan fingerprint density at radius 1 is 1.37 bits per heavy atom. The summed E-state index contributed by atoms with van der Waals surface area (Å²) in [6, 6.07) is 0. The van der Waals surface area contributed by atoms with Gasteiger partial charge in [-0.2, -0.15) is 4.98 Å². The topological polar surface area (TPSA) is 103 Å². The Labute approximate surface area is 108 Å². The number of hydrogen-bond donors (Lipinski definition) is 1. The molecule has 3 rings (SSSR count). The lowest BCUT2D eigenvalue weighted by Gasteiger charge is -2.27. The first kappa shape index (κ1) is 11.8. The average molecular weight is 263 g/mol. The van der Waals surface area contributed by atoms with Crippen LogP contribution < -0.4 is 15.1 Å². The van der Waals surface area contributed by atoms with Crippen LogP contribution in [-0.2, 0) is 4.74 Å². The third-order valence-electron chi connectivity index (χ3n) is 2.89. The minimum Gasteiger partial charge on any atom is -0.691 e. The summed E-state index contributed by atoms with van der Waals surface area (Å²) in [5.41, 5.74) is 0.985. The van der Waals surface area contributed by atoms with Crippen molar-refractivity contribution in [2.45, 2.75) is 0 Å². The van der Waals surface area contributed by atoms with E-state index in [1.54, 1.807) is 7.05 Å². The van der Waals surface area contributed by atoms with Crippen molar-refractivity contribution in [3.8, 4) is 0 Å². The zero-order valence-electron chi connectivity index (χ0n) is 10.4. The monoisotopic (exact) mass is 263 g/mol. The van der Waals surface area contributed by atoms with Crippen molar-refractivity contribution in [3.63, 3.8) is 0 Å². The molecular formula is C10H13N7O2. The first-order chi connectivity index (χ1) is 9.28. The molecule has 0 aliphatic carbocycles. The first-order valence-corrected chi connectivity index (χ1v) is 5.93. The molecule has 1 fully saturated rings. The molecule has 9 heteroatoms. The summed E-state index contributed by atoms with van der Waals surface area (Å²) >= 11 is 0. The minimum absolute atomic E-state index is 0.387. The van der Waals surface area contributed by atoms with Crippen LogP contribution in [0.25, 0.3) is 11.0 Å². The number of morpholine rings is 1. The molecule has 0 amide bonds. The largest absolute Gasteiger partial charge is 0.691 e. The van der Waals surface area contributed by atoms with Crippen molar-refractivity contribution < 1.29 is 9.58 Å². The minimum atomic E-state index is 0.387. The number of aromatic nitrogens is 5. The highest BCUT2D eigenvalue weighted by Gasteiger charge is 2.22. The molecular weight excluding hydrogens is 250 g/mol. The van der Waals surface area contributed by atoms with E-state index in [-0.39, 0.29) is 0 Å². The van der Waals surface area contributed by atoms with E-state index < -0.39 is 0 Å².